The third-order valence-corrected chi connectivity index (χ3v) is 3.02. The Hall–Kier alpha value is -1.38. The molecule has 0 spiro atoms. The fraction of sp³-hybridized carbons (Fsp3) is 0. The van der Waals surface area contributed by atoms with Crippen molar-refractivity contribution in [2.75, 3.05) is 5.73 Å². The van der Waals surface area contributed by atoms with Crippen molar-refractivity contribution < 1.29 is 5.11 Å². The number of hydrogen-bond donors (Lipinski definition) is 2. The topological polar surface area (TPSA) is 46.2 Å². The second-order valence-corrected chi connectivity index (χ2v) is 4.22. The van der Waals surface area contributed by atoms with E-state index < -0.39 is 0 Å². The number of aromatic hydroxyl groups is 1. The summed E-state index contributed by atoms with van der Waals surface area (Å²) in [5.41, 5.74) is 7.59. The first-order valence-electron chi connectivity index (χ1n) is 4.62. The predicted octanol–water partition coefficient (Wildman–Crippen LogP) is 3.95. The van der Waals surface area contributed by atoms with Crippen molar-refractivity contribution in [3.63, 3.8) is 0 Å². The number of anilines is 1. The van der Waals surface area contributed by atoms with Crippen molar-refractivity contribution in [3.8, 4) is 16.9 Å². The Morgan fingerprint density at radius 2 is 1.50 bits per heavy atom. The molecule has 0 saturated carbocycles. The largest absolute Gasteiger partial charge is 0.506 e. The second-order valence-electron chi connectivity index (χ2n) is 3.40. The molecule has 0 radical (unpaired) electrons. The van der Waals surface area contributed by atoms with E-state index in [4.69, 9.17) is 28.9 Å². The zero-order valence-corrected chi connectivity index (χ0v) is 9.76. The van der Waals surface area contributed by atoms with Crippen LogP contribution in [-0.2, 0) is 0 Å². The number of phenols is 1. The monoisotopic (exact) mass is 253 g/mol. The number of benzene rings is 2. The molecule has 0 aliphatic carbocycles. The maximum Gasteiger partial charge on any atom is 0.139 e. The van der Waals surface area contributed by atoms with Gasteiger partial charge in [0.05, 0.1) is 15.7 Å². The lowest BCUT2D eigenvalue weighted by Gasteiger charge is -2.05. The third-order valence-electron chi connectivity index (χ3n) is 2.28. The van der Waals surface area contributed by atoms with E-state index in [-0.39, 0.29) is 5.75 Å². The minimum Gasteiger partial charge on any atom is -0.506 e. The highest BCUT2D eigenvalue weighted by atomic mass is 35.5. The van der Waals surface area contributed by atoms with E-state index >= 15 is 0 Å². The molecule has 0 saturated heterocycles. The number of nitrogens with two attached hydrogens (primary N) is 1. The maximum atomic E-state index is 9.50. The first kappa shape index (κ1) is 11.1. The normalized spacial score (nSPS) is 10.4. The van der Waals surface area contributed by atoms with E-state index in [2.05, 4.69) is 0 Å². The van der Waals surface area contributed by atoms with E-state index in [1.54, 1.807) is 24.3 Å². The minimum atomic E-state index is 0.0589. The quantitative estimate of drug-likeness (QED) is 0.597. The summed E-state index contributed by atoms with van der Waals surface area (Å²) >= 11 is 11.7. The smallest absolute Gasteiger partial charge is 0.139 e. The number of hydrogen-bond acceptors (Lipinski definition) is 2. The van der Waals surface area contributed by atoms with Gasteiger partial charge >= 0.3 is 0 Å². The Morgan fingerprint density at radius 3 is 2.12 bits per heavy atom. The lowest BCUT2D eigenvalue weighted by atomic mass is 10.1. The molecule has 0 heterocycles. The van der Waals surface area contributed by atoms with Crippen molar-refractivity contribution >= 4 is 28.9 Å². The standard InChI is InChI=1S/C12H9Cl2NO/c13-9-3-1-7(5-10(9)14)8-2-4-11(15)12(16)6-8/h1-6,16H,15H2. The molecule has 0 bridgehead atoms. The maximum absolute atomic E-state index is 9.50. The van der Waals surface area contributed by atoms with Crippen LogP contribution in [0.3, 0.4) is 0 Å². The van der Waals surface area contributed by atoms with Crippen LogP contribution in [0.4, 0.5) is 5.69 Å². The van der Waals surface area contributed by atoms with Crippen molar-refractivity contribution in [2.45, 2.75) is 0 Å². The molecular weight excluding hydrogens is 245 g/mol. The van der Waals surface area contributed by atoms with Gasteiger partial charge in [-0.3, -0.25) is 0 Å². The van der Waals surface area contributed by atoms with Gasteiger partial charge in [-0.1, -0.05) is 35.3 Å². The minimum absolute atomic E-state index is 0.0589. The highest BCUT2D eigenvalue weighted by Crippen LogP contribution is 2.31. The fourth-order valence-corrected chi connectivity index (χ4v) is 1.70. The highest BCUT2D eigenvalue weighted by Gasteiger charge is 2.04. The zero-order valence-electron chi connectivity index (χ0n) is 8.24. The molecule has 82 valence electrons. The number of nitrogen functional groups attached to an aromatic ring is 1. The summed E-state index contributed by atoms with van der Waals surface area (Å²) in [7, 11) is 0. The van der Waals surface area contributed by atoms with Crippen LogP contribution in [0, 0.1) is 0 Å². The van der Waals surface area contributed by atoms with Crippen LogP contribution in [0.2, 0.25) is 10.0 Å². The molecule has 0 atom stereocenters. The molecule has 2 rings (SSSR count). The Balaban J connectivity index is 2.50. The summed E-state index contributed by atoms with van der Waals surface area (Å²) in [5, 5.41) is 10.5. The summed E-state index contributed by atoms with van der Waals surface area (Å²) in [6, 6.07) is 10.3. The van der Waals surface area contributed by atoms with Gasteiger partial charge in [-0.2, -0.15) is 0 Å². The van der Waals surface area contributed by atoms with Gasteiger partial charge in [0.25, 0.3) is 0 Å². The molecule has 16 heavy (non-hydrogen) atoms. The van der Waals surface area contributed by atoms with Crippen LogP contribution >= 0.6 is 23.2 Å². The zero-order chi connectivity index (χ0) is 11.7. The summed E-state index contributed by atoms with van der Waals surface area (Å²) < 4.78 is 0. The first-order chi connectivity index (χ1) is 7.58. The molecule has 2 aromatic carbocycles. The molecule has 3 N–H and O–H groups in total. The van der Waals surface area contributed by atoms with Crippen molar-refractivity contribution in [1.29, 1.82) is 0 Å². The molecule has 0 aliphatic rings. The van der Waals surface area contributed by atoms with Crippen LogP contribution < -0.4 is 5.73 Å². The van der Waals surface area contributed by atoms with E-state index in [1.165, 1.54) is 0 Å². The van der Waals surface area contributed by atoms with Gasteiger partial charge in [-0.15, -0.1) is 0 Å². The molecule has 4 heteroatoms. The number of halogens is 2. The van der Waals surface area contributed by atoms with E-state index in [9.17, 15) is 5.11 Å². The second kappa shape index (κ2) is 4.24. The summed E-state index contributed by atoms with van der Waals surface area (Å²) in [6.45, 7) is 0. The lowest BCUT2D eigenvalue weighted by molar-refractivity contribution is 0.478. The molecule has 0 amide bonds. The van der Waals surface area contributed by atoms with Crippen LogP contribution in [0.15, 0.2) is 36.4 Å². The third kappa shape index (κ3) is 2.08. The average Bonchev–Trinajstić information content (AvgIpc) is 2.26. The molecule has 2 aromatic rings. The van der Waals surface area contributed by atoms with Gasteiger partial charge < -0.3 is 10.8 Å². The Bertz CT molecular complexity index is 491. The van der Waals surface area contributed by atoms with Crippen LogP contribution in [-0.4, -0.2) is 5.11 Å². The fourth-order valence-electron chi connectivity index (χ4n) is 1.40. The first-order valence-corrected chi connectivity index (χ1v) is 5.37. The SMILES string of the molecule is Nc1ccc(-c2ccc(Cl)c(Cl)c2)cc1O. The van der Waals surface area contributed by atoms with Gasteiger partial charge in [0.1, 0.15) is 5.75 Å². The molecule has 0 fully saturated rings. The lowest BCUT2D eigenvalue weighted by Crippen LogP contribution is -1.86. The Kier molecular flexibility index (Phi) is 2.95. The van der Waals surface area contributed by atoms with Crippen LogP contribution in [0.25, 0.3) is 11.1 Å². The van der Waals surface area contributed by atoms with Crippen LogP contribution in [0.5, 0.6) is 5.75 Å². The highest BCUT2D eigenvalue weighted by molar-refractivity contribution is 6.42. The van der Waals surface area contributed by atoms with Gasteiger partial charge in [0.2, 0.25) is 0 Å². The summed E-state index contributed by atoms with van der Waals surface area (Å²) in [4.78, 5) is 0. The van der Waals surface area contributed by atoms with E-state index in [0.717, 1.165) is 11.1 Å². The van der Waals surface area contributed by atoms with Crippen molar-refractivity contribution in [1.82, 2.24) is 0 Å². The molecule has 0 unspecified atom stereocenters. The number of phenolic OH excluding ortho intramolecular Hbond substituents is 1. The molecule has 2 nitrogen and oxygen atoms in total. The van der Waals surface area contributed by atoms with Gasteiger partial charge in [-0.05, 0) is 35.4 Å². The van der Waals surface area contributed by atoms with Gasteiger partial charge in [0.15, 0.2) is 0 Å². The van der Waals surface area contributed by atoms with Crippen LogP contribution in [0.1, 0.15) is 0 Å². The molecule has 0 aromatic heterocycles. The molecular formula is C12H9Cl2NO. The van der Waals surface area contributed by atoms with Gasteiger partial charge in [-0.25, -0.2) is 0 Å². The molecule has 0 aliphatic heterocycles. The average molecular weight is 254 g/mol. The summed E-state index contributed by atoms with van der Waals surface area (Å²) in [6.07, 6.45) is 0. The van der Waals surface area contributed by atoms with Gasteiger partial charge in [0, 0.05) is 0 Å². The Morgan fingerprint density at radius 1 is 0.875 bits per heavy atom. The predicted molar refractivity (Wildman–Crippen MR) is 68.0 cm³/mol. The number of rotatable bonds is 1. The van der Waals surface area contributed by atoms with E-state index in [1.807, 2.05) is 12.1 Å². The van der Waals surface area contributed by atoms with Crippen molar-refractivity contribution in [3.05, 3.63) is 46.4 Å². The van der Waals surface area contributed by atoms with Crippen molar-refractivity contribution in [2.24, 2.45) is 0 Å². The summed E-state index contributed by atoms with van der Waals surface area (Å²) in [5.74, 6) is 0.0589. The Labute approximate surface area is 103 Å². The van der Waals surface area contributed by atoms with E-state index in [0.29, 0.717) is 15.7 Å².